The minimum Gasteiger partial charge on any atom is -0.462 e. The van der Waals surface area contributed by atoms with E-state index in [1.807, 2.05) is 13.8 Å². The zero-order chi connectivity index (χ0) is 24.3. The summed E-state index contributed by atoms with van der Waals surface area (Å²) in [7, 11) is 0. The van der Waals surface area contributed by atoms with Crippen LogP contribution >= 0.6 is 22.9 Å². The Labute approximate surface area is 201 Å². The SMILES string of the molecule is CCOC(=O)c1c(NC(=O)CN2C(=O)N[C@@](CC)(c3cccc(Cl)c3)C2=O)sc(C)c1CC. The highest BCUT2D eigenvalue weighted by atomic mass is 35.5. The molecule has 1 fully saturated rings. The van der Waals surface area contributed by atoms with Gasteiger partial charge in [0.2, 0.25) is 5.91 Å². The van der Waals surface area contributed by atoms with Crippen molar-refractivity contribution in [3.8, 4) is 0 Å². The number of esters is 1. The molecule has 33 heavy (non-hydrogen) atoms. The third-order valence-corrected chi connectivity index (χ3v) is 6.92. The van der Waals surface area contributed by atoms with Gasteiger partial charge in [0.05, 0.1) is 12.2 Å². The molecule has 1 aromatic heterocycles. The van der Waals surface area contributed by atoms with Crippen LogP contribution in [-0.2, 0) is 26.3 Å². The number of nitrogens with zero attached hydrogens (tertiary/aromatic N) is 1. The van der Waals surface area contributed by atoms with E-state index in [0.717, 1.165) is 15.3 Å². The zero-order valence-electron chi connectivity index (χ0n) is 18.9. The molecule has 0 bridgehead atoms. The van der Waals surface area contributed by atoms with Gasteiger partial charge in [-0.15, -0.1) is 11.3 Å². The Bertz CT molecular complexity index is 1120. The van der Waals surface area contributed by atoms with Gasteiger partial charge in [0, 0.05) is 9.90 Å². The molecule has 0 aliphatic carbocycles. The molecule has 0 spiro atoms. The average Bonchev–Trinajstić information content (AvgIpc) is 3.21. The van der Waals surface area contributed by atoms with Gasteiger partial charge in [0.1, 0.15) is 17.1 Å². The van der Waals surface area contributed by atoms with Crippen molar-refractivity contribution in [2.75, 3.05) is 18.5 Å². The molecule has 1 aliphatic heterocycles. The normalized spacial score (nSPS) is 17.8. The number of aryl methyl sites for hydroxylation is 1. The van der Waals surface area contributed by atoms with E-state index < -0.39 is 35.9 Å². The van der Waals surface area contributed by atoms with Crippen molar-refractivity contribution in [3.63, 3.8) is 0 Å². The second-order valence-corrected chi connectivity index (χ2v) is 9.21. The Balaban J connectivity index is 1.84. The predicted molar refractivity (Wildman–Crippen MR) is 127 cm³/mol. The monoisotopic (exact) mass is 491 g/mol. The van der Waals surface area contributed by atoms with Crippen LogP contribution in [0.3, 0.4) is 0 Å². The lowest BCUT2D eigenvalue weighted by atomic mass is 9.87. The van der Waals surface area contributed by atoms with E-state index in [1.54, 1.807) is 38.1 Å². The number of urea groups is 1. The van der Waals surface area contributed by atoms with Gasteiger partial charge in [-0.1, -0.05) is 37.6 Å². The number of carbonyl (C=O) groups is 4. The number of amides is 4. The molecule has 2 N–H and O–H groups in total. The van der Waals surface area contributed by atoms with Crippen molar-refractivity contribution in [2.45, 2.75) is 46.1 Å². The number of halogens is 1. The lowest BCUT2D eigenvalue weighted by Gasteiger charge is -2.25. The highest BCUT2D eigenvalue weighted by Gasteiger charge is 2.51. The largest absolute Gasteiger partial charge is 0.462 e. The van der Waals surface area contributed by atoms with Gasteiger partial charge >= 0.3 is 12.0 Å². The van der Waals surface area contributed by atoms with Gasteiger partial charge in [0.15, 0.2) is 0 Å². The van der Waals surface area contributed by atoms with E-state index in [-0.39, 0.29) is 13.0 Å². The van der Waals surface area contributed by atoms with Crippen LogP contribution in [0.25, 0.3) is 0 Å². The van der Waals surface area contributed by atoms with Crippen molar-refractivity contribution in [3.05, 3.63) is 50.9 Å². The van der Waals surface area contributed by atoms with Gasteiger partial charge in [-0.25, -0.2) is 9.59 Å². The molecule has 8 nitrogen and oxygen atoms in total. The smallest absolute Gasteiger partial charge is 0.341 e. The number of thiophene rings is 1. The number of imide groups is 1. The molecule has 176 valence electrons. The lowest BCUT2D eigenvalue weighted by Crippen LogP contribution is -2.44. The van der Waals surface area contributed by atoms with E-state index in [0.29, 0.717) is 27.6 Å². The first-order chi connectivity index (χ1) is 15.7. The average molecular weight is 492 g/mol. The number of rotatable bonds is 8. The van der Waals surface area contributed by atoms with Crippen LogP contribution in [0.1, 0.15) is 53.6 Å². The summed E-state index contributed by atoms with van der Waals surface area (Å²) in [6.07, 6.45) is 0.880. The van der Waals surface area contributed by atoms with E-state index in [9.17, 15) is 19.2 Å². The number of carbonyl (C=O) groups excluding carboxylic acids is 4. The summed E-state index contributed by atoms with van der Waals surface area (Å²) in [6, 6.07) is 6.04. The Hall–Kier alpha value is -2.91. The van der Waals surface area contributed by atoms with Crippen LogP contribution in [0.5, 0.6) is 0 Å². The van der Waals surface area contributed by atoms with Gasteiger partial charge in [-0.2, -0.15) is 0 Å². The summed E-state index contributed by atoms with van der Waals surface area (Å²) in [6.45, 7) is 6.97. The fourth-order valence-electron chi connectivity index (χ4n) is 3.98. The third kappa shape index (κ3) is 4.60. The Morgan fingerprint density at radius 1 is 1.24 bits per heavy atom. The van der Waals surface area contributed by atoms with Crippen LogP contribution in [0.15, 0.2) is 24.3 Å². The molecule has 0 unspecified atom stereocenters. The highest BCUT2D eigenvalue weighted by molar-refractivity contribution is 7.16. The summed E-state index contributed by atoms with van der Waals surface area (Å²) in [5, 5.41) is 6.20. The maximum Gasteiger partial charge on any atom is 0.341 e. The molecule has 2 aromatic rings. The number of benzene rings is 1. The predicted octanol–water partition coefficient (Wildman–Crippen LogP) is 4.24. The lowest BCUT2D eigenvalue weighted by molar-refractivity contribution is -0.134. The van der Waals surface area contributed by atoms with Crippen LogP contribution in [0, 0.1) is 6.92 Å². The molecular weight excluding hydrogens is 466 g/mol. The van der Waals surface area contributed by atoms with E-state index in [1.165, 1.54) is 11.3 Å². The van der Waals surface area contributed by atoms with Gasteiger partial charge in [-0.05, 0) is 49.9 Å². The topological polar surface area (TPSA) is 105 Å². The van der Waals surface area contributed by atoms with Crippen molar-refractivity contribution < 1.29 is 23.9 Å². The molecule has 1 aliphatic rings. The molecular formula is C23H26ClN3O5S. The molecule has 0 radical (unpaired) electrons. The first-order valence-corrected chi connectivity index (χ1v) is 11.9. The van der Waals surface area contributed by atoms with Crippen molar-refractivity contribution >= 4 is 51.8 Å². The van der Waals surface area contributed by atoms with Gasteiger partial charge in [0.25, 0.3) is 5.91 Å². The molecule has 0 saturated carbocycles. The first kappa shape index (κ1) is 24.7. The third-order valence-electron chi connectivity index (χ3n) is 5.62. The highest BCUT2D eigenvalue weighted by Crippen LogP contribution is 2.35. The van der Waals surface area contributed by atoms with Crippen molar-refractivity contribution in [2.24, 2.45) is 0 Å². The molecule has 4 amide bonds. The second-order valence-electron chi connectivity index (χ2n) is 7.55. The number of anilines is 1. The number of hydrogen-bond acceptors (Lipinski definition) is 6. The molecule has 2 heterocycles. The summed E-state index contributed by atoms with van der Waals surface area (Å²) in [4.78, 5) is 53.1. The van der Waals surface area contributed by atoms with Crippen LogP contribution in [-0.4, -0.2) is 41.9 Å². The Morgan fingerprint density at radius 3 is 2.58 bits per heavy atom. The Kier molecular flexibility index (Phi) is 7.44. The van der Waals surface area contributed by atoms with E-state index in [4.69, 9.17) is 16.3 Å². The summed E-state index contributed by atoms with van der Waals surface area (Å²) in [5.74, 6) is -1.64. The molecule has 1 aromatic carbocycles. The first-order valence-electron chi connectivity index (χ1n) is 10.7. The molecule has 1 atom stereocenters. The maximum absolute atomic E-state index is 13.3. The van der Waals surface area contributed by atoms with E-state index in [2.05, 4.69) is 10.6 Å². The van der Waals surface area contributed by atoms with Crippen LogP contribution in [0.2, 0.25) is 5.02 Å². The Morgan fingerprint density at radius 2 is 1.97 bits per heavy atom. The standard InChI is InChI=1S/C23H26ClN3O5S/c1-5-16-13(4)33-19(18(16)20(29)32-7-3)25-17(28)12-27-21(30)23(6-2,26-22(27)31)14-9-8-10-15(24)11-14/h8-11H,5-7,12H2,1-4H3,(H,25,28)(H,26,31)/t23-/m0/s1. The number of nitrogens with one attached hydrogen (secondary N) is 2. The maximum atomic E-state index is 13.3. The minimum absolute atomic E-state index is 0.204. The number of hydrogen-bond donors (Lipinski definition) is 2. The quantitative estimate of drug-likeness (QED) is 0.424. The second kappa shape index (κ2) is 9.93. The fraction of sp³-hybridized carbons (Fsp3) is 0.391. The summed E-state index contributed by atoms with van der Waals surface area (Å²) < 4.78 is 5.15. The fourth-order valence-corrected chi connectivity index (χ4v) is 5.32. The van der Waals surface area contributed by atoms with Gasteiger partial charge < -0.3 is 15.4 Å². The minimum atomic E-state index is -1.30. The molecule has 1 saturated heterocycles. The zero-order valence-corrected chi connectivity index (χ0v) is 20.5. The van der Waals surface area contributed by atoms with Crippen molar-refractivity contribution in [1.82, 2.24) is 10.2 Å². The van der Waals surface area contributed by atoms with Crippen molar-refractivity contribution in [1.29, 1.82) is 0 Å². The summed E-state index contributed by atoms with van der Waals surface area (Å²) >= 11 is 7.35. The van der Waals surface area contributed by atoms with E-state index >= 15 is 0 Å². The summed E-state index contributed by atoms with van der Waals surface area (Å²) in [5.41, 5.74) is 0.363. The van der Waals surface area contributed by atoms with Crippen LogP contribution < -0.4 is 10.6 Å². The number of ether oxygens (including phenoxy) is 1. The van der Waals surface area contributed by atoms with Crippen LogP contribution in [0.4, 0.5) is 9.80 Å². The molecule has 3 rings (SSSR count). The van der Waals surface area contributed by atoms with Gasteiger partial charge in [-0.3, -0.25) is 14.5 Å². The molecule has 10 heteroatoms.